The van der Waals surface area contributed by atoms with Crippen molar-refractivity contribution in [1.82, 2.24) is 10.1 Å². The molecule has 0 aliphatic carbocycles. The summed E-state index contributed by atoms with van der Waals surface area (Å²) in [5, 5.41) is 3.92. The maximum Gasteiger partial charge on any atom is 0.261 e. The van der Waals surface area contributed by atoms with Gasteiger partial charge in [-0.2, -0.15) is 4.98 Å². The number of methoxy groups -OCH3 is 1. The normalized spacial score (nSPS) is 12.4. The summed E-state index contributed by atoms with van der Waals surface area (Å²) < 4.78 is 10.5. The van der Waals surface area contributed by atoms with Gasteiger partial charge in [0.25, 0.3) is 5.89 Å². The molecule has 1 aromatic heterocycles. The molecule has 5 nitrogen and oxygen atoms in total. The van der Waals surface area contributed by atoms with Crippen molar-refractivity contribution in [3.8, 4) is 17.2 Å². The standard InChI is InChI=1S/C12H15N3O2/c1-8(7-13)11-14-12(17-15-11)9-5-3-4-6-10(9)16-2/h3-6,8H,7,13H2,1-2H3. The molecule has 0 radical (unpaired) electrons. The number of nitrogens with zero attached hydrogens (tertiary/aromatic N) is 2. The first kappa shape index (κ1) is 11.6. The van der Waals surface area contributed by atoms with Gasteiger partial charge in [-0.3, -0.25) is 0 Å². The Morgan fingerprint density at radius 1 is 1.41 bits per heavy atom. The van der Waals surface area contributed by atoms with Gasteiger partial charge in [0.1, 0.15) is 5.75 Å². The number of ether oxygens (including phenoxy) is 1. The maximum absolute atomic E-state index is 5.56. The highest BCUT2D eigenvalue weighted by atomic mass is 16.5. The Bertz CT molecular complexity index is 496. The molecule has 2 rings (SSSR count). The van der Waals surface area contributed by atoms with Crippen LogP contribution in [0.2, 0.25) is 0 Å². The molecule has 0 amide bonds. The molecule has 2 N–H and O–H groups in total. The van der Waals surface area contributed by atoms with Gasteiger partial charge in [0.15, 0.2) is 5.82 Å². The Morgan fingerprint density at radius 2 is 2.18 bits per heavy atom. The van der Waals surface area contributed by atoms with E-state index < -0.39 is 0 Å². The third-order valence-electron chi connectivity index (χ3n) is 2.57. The van der Waals surface area contributed by atoms with Crippen molar-refractivity contribution in [3.05, 3.63) is 30.1 Å². The molecule has 90 valence electrons. The lowest BCUT2D eigenvalue weighted by molar-refractivity contribution is 0.401. The van der Waals surface area contributed by atoms with Crippen LogP contribution in [0.3, 0.4) is 0 Å². The van der Waals surface area contributed by atoms with E-state index in [4.69, 9.17) is 15.0 Å². The van der Waals surface area contributed by atoms with E-state index in [1.807, 2.05) is 31.2 Å². The van der Waals surface area contributed by atoms with E-state index in [1.165, 1.54) is 0 Å². The molecule has 1 aromatic carbocycles. The molecule has 0 aliphatic heterocycles. The zero-order valence-electron chi connectivity index (χ0n) is 9.88. The van der Waals surface area contributed by atoms with Crippen LogP contribution in [0.25, 0.3) is 11.5 Å². The molecule has 1 heterocycles. The lowest BCUT2D eigenvalue weighted by Crippen LogP contribution is -2.10. The Kier molecular flexibility index (Phi) is 3.39. The fourth-order valence-electron chi connectivity index (χ4n) is 1.47. The van der Waals surface area contributed by atoms with E-state index in [0.717, 1.165) is 5.56 Å². The second-order valence-corrected chi connectivity index (χ2v) is 3.79. The fourth-order valence-corrected chi connectivity index (χ4v) is 1.47. The third kappa shape index (κ3) is 2.29. The first-order chi connectivity index (χ1) is 8.26. The summed E-state index contributed by atoms with van der Waals surface area (Å²) in [4.78, 5) is 4.32. The second-order valence-electron chi connectivity index (χ2n) is 3.79. The number of rotatable bonds is 4. The SMILES string of the molecule is COc1ccccc1-c1nc(C(C)CN)no1. The third-order valence-corrected chi connectivity index (χ3v) is 2.57. The van der Waals surface area contributed by atoms with Crippen LogP contribution in [0.4, 0.5) is 0 Å². The highest BCUT2D eigenvalue weighted by molar-refractivity contribution is 5.62. The number of benzene rings is 1. The number of para-hydroxylation sites is 1. The summed E-state index contributed by atoms with van der Waals surface area (Å²) in [5.41, 5.74) is 6.35. The quantitative estimate of drug-likeness (QED) is 0.871. The van der Waals surface area contributed by atoms with Crippen molar-refractivity contribution >= 4 is 0 Å². The van der Waals surface area contributed by atoms with Gasteiger partial charge in [-0.25, -0.2) is 0 Å². The Hall–Kier alpha value is -1.88. The van der Waals surface area contributed by atoms with Gasteiger partial charge in [-0.05, 0) is 12.1 Å². The Labute approximate surface area is 99.6 Å². The molecule has 0 saturated carbocycles. The molecule has 5 heteroatoms. The van der Waals surface area contributed by atoms with Gasteiger partial charge in [-0.1, -0.05) is 24.2 Å². The van der Waals surface area contributed by atoms with E-state index in [9.17, 15) is 0 Å². The average molecular weight is 233 g/mol. The summed E-state index contributed by atoms with van der Waals surface area (Å²) in [5.74, 6) is 1.87. The zero-order valence-corrected chi connectivity index (χ0v) is 9.88. The summed E-state index contributed by atoms with van der Waals surface area (Å²) in [7, 11) is 1.61. The lowest BCUT2D eigenvalue weighted by Gasteiger charge is -2.03. The molecule has 0 saturated heterocycles. The van der Waals surface area contributed by atoms with Crippen LogP contribution in [0, 0.1) is 0 Å². The topological polar surface area (TPSA) is 74.2 Å². The highest BCUT2D eigenvalue weighted by Crippen LogP contribution is 2.28. The van der Waals surface area contributed by atoms with E-state index in [0.29, 0.717) is 24.0 Å². The molecule has 17 heavy (non-hydrogen) atoms. The van der Waals surface area contributed by atoms with Crippen LogP contribution in [0.15, 0.2) is 28.8 Å². The molecule has 0 aliphatic rings. The van der Waals surface area contributed by atoms with Crippen molar-refractivity contribution in [2.24, 2.45) is 5.73 Å². The van der Waals surface area contributed by atoms with Gasteiger partial charge in [0.05, 0.1) is 12.7 Å². The summed E-state index contributed by atoms with van der Waals surface area (Å²) in [6.45, 7) is 2.45. The van der Waals surface area contributed by atoms with Crippen molar-refractivity contribution in [2.75, 3.05) is 13.7 Å². The number of hydrogen-bond acceptors (Lipinski definition) is 5. The predicted molar refractivity (Wildman–Crippen MR) is 63.8 cm³/mol. The Morgan fingerprint density at radius 3 is 2.88 bits per heavy atom. The average Bonchev–Trinajstić information content (AvgIpc) is 2.87. The number of nitrogens with two attached hydrogens (primary N) is 1. The fraction of sp³-hybridized carbons (Fsp3) is 0.333. The van der Waals surface area contributed by atoms with Gasteiger partial charge in [0, 0.05) is 12.5 Å². The second kappa shape index (κ2) is 4.97. The number of aromatic nitrogens is 2. The minimum Gasteiger partial charge on any atom is -0.496 e. The van der Waals surface area contributed by atoms with E-state index in [2.05, 4.69) is 10.1 Å². The van der Waals surface area contributed by atoms with Crippen LogP contribution < -0.4 is 10.5 Å². The smallest absolute Gasteiger partial charge is 0.261 e. The number of hydrogen-bond donors (Lipinski definition) is 1. The molecule has 1 atom stereocenters. The van der Waals surface area contributed by atoms with Crippen molar-refractivity contribution in [3.63, 3.8) is 0 Å². The van der Waals surface area contributed by atoms with Crippen LogP contribution in [-0.4, -0.2) is 23.8 Å². The molecule has 2 aromatic rings. The molecular weight excluding hydrogens is 218 g/mol. The van der Waals surface area contributed by atoms with Crippen LogP contribution in [0.1, 0.15) is 18.7 Å². The van der Waals surface area contributed by atoms with E-state index >= 15 is 0 Å². The van der Waals surface area contributed by atoms with Crippen LogP contribution in [0.5, 0.6) is 5.75 Å². The largest absolute Gasteiger partial charge is 0.496 e. The lowest BCUT2D eigenvalue weighted by atomic mass is 10.1. The molecule has 0 spiro atoms. The van der Waals surface area contributed by atoms with Crippen molar-refractivity contribution in [1.29, 1.82) is 0 Å². The Balaban J connectivity index is 2.37. The van der Waals surface area contributed by atoms with Gasteiger partial charge in [0.2, 0.25) is 0 Å². The van der Waals surface area contributed by atoms with E-state index in [1.54, 1.807) is 7.11 Å². The van der Waals surface area contributed by atoms with Gasteiger partial charge < -0.3 is 15.0 Å². The van der Waals surface area contributed by atoms with Gasteiger partial charge in [-0.15, -0.1) is 0 Å². The monoisotopic (exact) mass is 233 g/mol. The molecule has 0 bridgehead atoms. The predicted octanol–water partition coefficient (Wildman–Crippen LogP) is 1.81. The summed E-state index contributed by atoms with van der Waals surface area (Å²) in [6, 6.07) is 7.52. The summed E-state index contributed by atoms with van der Waals surface area (Å²) >= 11 is 0. The van der Waals surface area contributed by atoms with Crippen molar-refractivity contribution < 1.29 is 9.26 Å². The van der Waals surface area contributed by atoms with Crippen LogP contribution in [-0.2, 0) is 0 Å². The molecular formula is C12H15N3O2. The molecule has 1 unspecified atom stereocenters. The van der Waals surface area contributed by atoms with Crippen molar-refractivity contribution in [2.45, 2.75) is 12.8 Å². The minimum atomic E-state index is 0.0854. The minimum absolute atomic E-state index is 0.0854. The zero-order chi connectivity index (χ0) is 12.3. The first-order valence-electron chi connectivity index (χ1n) is 5.43. The highest BCUT2D eigenvalue weighted by Gasteiger charge is 2.16. The maximum atomic E-state index is 5.56. The molecule has 0 fully saturated rings. The first-order valence-corrected chi connectivity index (χ1v) is 5.43. The van der Waals surface area contributed by atoms with Crippen LogP contribution >= 0.6 is 0 Å². The summed E-state index contributed by atoms with van der Waals surface area (Å²) in [6.07, 6.45) is 0. The van der Waals surface area contributed by atoms with Gasteiger partial charge >= 0.3 is 0 Å². The van der Waals surface area contributed by atoms with E-state index in [-0.39, 0.29) is 5.92 Å².